The molecule has 2 aromatic rings. The van der Waals surface area contributed by atoms with Gasteiger partial charge in [-0.1, -0.05) is 29.5 Å². The fourth-order valence-electron chi connectivity index (χ4n) is 2.31. The van der Waals surface area contributed by atoms with Gasteiger partial charge in [-0.25, -0.2) is 0 Å². The van der Waals surface area contributed by atoms with Gasteiger partial charge in [0.25, 0.3) is 5.91 Å². The molecule has 0 aliphatic heterocycles. The standard InChI is InChI=1S/C20H21N3O2S/c1-14-5-8-17(9-6-14)26-19-10-7-16(13-18(19)22-15(2)24)20(25)23(3)12-4-11-21/h5-10,13H,4,12H2,1-3H3,(H,22,24). The quantitative estimate of drug-likeness (QED) is 0.834. The van der Waals surface area contributed by atoms with E-state index < -0.39 is 0 Å². The highest BCUT2D eigenvalue weighted by atomic mass is 32.2. The number of nitriles is 1. The van der Waals surface area contributed by atoms with E-state index in [-0.39, 0.29) is 18.2 Å². The summed E-state index contributed by atoms with van der Waals surface area (Å²) in [4.78, 5) is 27.5. The van der Waals surface area contributed by atoms with Crippen LogP contribution in [0.5, 0.6) is 0 Å². The van der Waals surface area contributed by atoms with Gasteiger partial charge in [0.05, 0.1) is 18.2 Å². The summed E-state index contributed by atoms with van der Waals surface area (Å²) in [5, 5.41) is 11.5. The molecule has 26 heavy (non-hydrogen) atoms. The molecule has 0 bridgehead atoms. The number of carbonyl (C=O) groups excluding carboxylic acids is 2. The van der Waals surface area contributed by atoms with E-state index in [1.165, 1.54) is 29.1 Å². The van der Waals surface area contributed by atoms with Crippen molar-refractivity contribution in [3.63, 3.8) is 0 Å². The Morgan fingerprint density at radius 2 is 1.88 bits per heavy atom. The Morgan fingerprint density at radius 1 is 1.19 bits per heavy atom. The van der Waals surface area contributed by atoms with Gasteiger partial charge in [0.2, 0.25) is 5.91 Å². The maximum Gasteiger partial charge on any atom is 0.253 e. The minimum Gasteiger partial charge on any atom is -0.341 e. The smallest absolute Gasteiger partial charge is 0.253 e. The van der Waals surface area contributed by atoms with E-state index in [1.807, 2.05) is 43.3 Å². The lowest BCUT2D eigenvalue weighted by molar-refractivity contribution is -0.114. The molecule has 0 spiro atoms. The number of carbonyl (C=O) groups is 2. The molecule has 134 valence electrons. The van der Waals surface area contributed by atoms with Crippen LogP contribution < -0.4 is 5.32 Å². The number of rotatable bonds is 6. The second-order valence-corrected chi connectivity index (χ2v) is 7.06. The Bertz CT molecular complexity index is 841. The summed E-state index contributed by atoms with van der Waals surface area (Å²) in [6, 6.07) is 15.4. The van der Waals surface area contributed by atoms with Crippen molar-refractivity contribution >= 4 is 29.3 Å². The van der Waals surface area contributed by atoms with Crippen LogP contribution in [-0.2, 0) is 4.79 Å². The predicted octanol–water partition coefficient (Wildman–Crippen LogP) is 4.09. The second-order valence-electron chi connectivity index (χ2n) is 5.94. The summed E-state index contributed by atoms with van der Waals surface area (Å²) in [6.07, 6.45) is 0.280. The average Bonchev–Trinajstić information content (AvgIpc) is 2.61. The van der Waals surface area contributed by atoms with Gasteiger partial charge in [0.15, 0.2) is 0 Å². The van der Waals surface area contributed by atoms with E-state index in [1.54, 1.807) is 19.2 Å². The third-order valence-electron chi connectivity index (χ3n) is 3.69. The molecule has 0 unspecified atom stereocenters. The van der Waals surface area contributed by atoms with Crippen molar-refractivity contribution in [1.29, 1.82) is 5.26 Å². The van der Waals surface area contributed by atoms with Crippen LogP contribution in [-0.4, -0.2) is 30.3 Å². The van der Waals surface area contributed by atoms with Gasteiger partial charge in [0, 0.05) is 35.9 Å². The Labute approximate surface area is 158 Å². The average molecular weight is 367 g/mol. The molecule has 0 fully saturated rings. The normalized spacial score (nSPS) is 10.1. The summed E-state index contributed by atoms with van der Waals surface area (Å²) in [5.74, 6) is -0.378. The fraction of sp³-hybridized carbons (Fsp3) is 0.250. The number of nitrogens with zero attached hydrogens (tertiary/aromatic N) is 2. The molecule has 0 atom stereocenters. The minimum atomic E-state index is -0.196. The molecule has 6 heteroatoms. The van der Waals surface area contributed by atoms with Crippen molar-refractivity contribution in [2.45, 2.75) is 30.1 Å². The van der Waals surface area contributed by atoms with E-state index in [9.17, 15) is 9.59 Å². The predicted molar refractivity (Wildman–Crippen MR) is 103 cm³/mol. The number of nitrogens with one attached hydrogen (secondary N) is 1. The lowest BCUT2D eigenvalue weighted by Crippen LogP contribution is -2.27. The number of hydrogen-bond donors (Lipinski definition) is 1. The summed E-state index contributed by atoms with van der Waals surface area (Å²) in [5.41, 5.74) is 2.25. The van der Waals surface area contributed by atoms with Gasteiger partial charge >= 0.3 is 0 Å². The van der Waals surface area contributed by atoms with E-state index >= 15 is 0 Å². The Morgan fingerprint density at radius 3 is 2.50 bits per heavy atom. The minimum absolute atomic E-state index is 0.182. The van der Waals surface area contributed by atoms with Crippen molar-refractivity contribution in [1.82, 2.24) is 4.90 Å². The molecule has 0 saturated carbocycles. The van der Waals surface area contributed by atoms with E-state index in [0.29, 0.717) is 17.8 Å². The molecule has 2 rings (SSSR count). The highest BCUT2D eigenvalue weighted by Crippen LogP contribution is 2.34. The summed E-state index contributed by atoms with van der Waals surface area (Å²) in [7, 11) is 1.66. The van der Waals surface area contributed by atoms with Crippen LogP contribution in [0.1, 0.15) is 29.3 Å². The molecule has 5 nitrogen and oxygen atoms in total. The molecule has 0 aliphatic carbocycles. The first kappa shape index (κ1) is 19.5. The van der Waals surface area contributed by atoms with Gasteiger partial charge < -0.3 is 10.2 Å². The van der Waals surface area contributed by atoms with Crippen LogP contribution in [0.15, 0.2) is 52.3 Å². The first-order valence-corrected chi connectivity index (χ1v) is 9.01. The van der Waals surface area contributed by atoms with Crippen LogP contribution >= 0.6 is 11.8 Å². The molecule has 0 radical (unpaired) electrons. The zero-order chi connectivity index (χ0) is 19.1. The number of amides is 2. The van der Waals surface area contributed by atoms with Crippen molar-refractivity contribution < 1.29 is 9.59 Å². The van der Waals surface area contributed by atoms with Gasteiger partial charge in [0.1, 0.15) is 0 Å². The number of aryl methyl sites for hydroxylation is 1. The molecule has 0 aromatic heterocycles. The Kier molecular flexibility index (Phi) is 6.81. The number of hydrogen-bond acceptors (Lipinski definition) is 4. The molecule has 0 saturated heterocycles. The van der Waals surface area contributed by atoms with Crippen molar-refractivity contribution in [3.8, 4) is 6.07 Å². The number of anilines is 1. The third-order valence-corrected chi connectivity index (χ3v) is 4.78. The zero-order valence-electron chi connectivity index (χ0n) is 15.1. The van der Waals surface area contributed by atoms with E-state index in [2.05, 4.69) is 5.32 Å². The highest BCUT2D eigenvalue weighted by Gasteiger charge is 2.15. The second kappa shape index (κ2) is 9.07. The monoisotopic (exact) mass is 367 g/mol. The summed E-state index contributed by atoms with van der Waals surface area (Å²) < 4.78 is 0. The van der Waals surface area contributed by atoms with E-state index in [4.69, 9.17) is 5.26 Å². The first-order chi connectivity index (χ1) is 12.4. The van der Waals surface area contributed by atoms with Crippen LogP contribution in [0.4, 0.5) is 5.69 Å². The fourth-order valence-corrected chi connectivity index (χ4v) is 3.19. The molecular formula is C20H21N3O2S. The first-order valence-electron chi connectivity index (χ1n) is 8.19. The van der Waals surface area contributed by atoms with Gasteiger partial charge in [-0.15, -0.1) is 0 Å². The third kappa shape index (κ3) is 5.36. The van der Waals surface area contributed by atoms with Crippen LogP contribution in [0.2, 0.25) is 0 Å². The van der Waals surface area contributed by atoms with Crippen LogP contribution in [0.25, 0.3) is 0 Å². The van der Waals surface area contributed by atoms with Gasteiger partial charge in [-0.3, -0.25) is 9.59 Å². The van der Waals surface area contributed by atoms with Crippen molar-refractivity contribution in [3.05, 3.63) is 53.6 Å². The van der Waals surface area contributed by atoms with Crippen molar-refractivity contribution in [2.24, 2.45) is 0 Å². The molecule has 2 aromatic carbocycles. The molecule has 2 amide bonds. The van der Waals surface area contributed by atoms with Gasteiger partial charge in [-0.05, 0) is 37.3 Å². The van der Waals surface area contributed by atoms with Crippen LogP contribution in [0, 0.1) is 18.3 Å². The molecule has 1 N–H and O–H groups in total. The SMILES string of the molecule is CC(=O)Nc1cc(C(=O)N(C)CCC#N)ccc1Sc1ccc(C)cc1. The molecular weight excluding hydrogens is 346 g/mol. The maximum absolute atomic E-state index is 12.5. The van der Waals surface area contributed by atoms with Crippen LogP contribution in [0.3, 0.4) is 0 Å². The van der Waals surface area contributed by atoms with E-state index in [0.717, 1.165) is 9.79 Å². The Hall–Kier alpha value is -2.78. The number of benzene rings is 2. The summed E-state index contributed by atoms with van der Waals surface area (Å²) in [6.45, 7) is 3.83. The summed E-state index contributed by atoms with van der Waals surface area (Å²) >= 11 is 1.52. The lowest BCUT2D eigenvalue weighted by Gasteiger charge is -2.17. The lowest BCUT2D eigenvalue weighted by atomic mass is 10.1. The largest absolute Gasteiger partial charge is 0.341 e. The zero-order valence-corrected chi connectivity index (χ0v) is 15.9. The molecule has 0 aliphatic rings. The topological polar surface area (TPSA) is 73.2 Å². The van der Waals surface area contributed by atoms with Gasteiger partial charge in [-0.2, -0.15) is 5.26 Å². The maximum atomic E-state index is 12.5. The highest BCUT2D eigenvalue weighted by molar-refractivity contribution is 7.99. The molecule has 0 heterocycles. The van der Waals surface area contributed by atoms with Crippen molar-refractivity contribution in [2.75, 3.05) is 18.9 Å². The Balaban J connectivity index is 2.29.